The second-order valence-electron chi connectivity index (χ2n) is 9.04. The van der Waals surface area contributed by atoms with E-state index in [9.17, 15) is 19.2 Å². The molecule has 0 heterocycles. The molecule has 0 spiro atoms. The molecule has 31 heavy (non-hydrogen) atoms. The molecule has 1 rings (SSSR count). The van der Waals surface area contributed by atoms with Crippen molar-refractivity contribution in [2.24, 2.45) is 11.5 Å². The molecule has 6 N–H and O–H groups in total. The van der Waals surface area contributed by atoms with Crippen molar-refractivity contribution in [3.63, 3.8) is 0 Å². The van der Waals surface area contributed by atoms with E-state index < -0.39 is 46.9 Å². The molecular formula is C22H34N4O5. The molecule has 0 bridgehead atoms. The number of amides is 3. The van der Waals surface area contributed by atoms with E-state index in [1.165, 1.54) is 13.8 Å². The molecule has 0 aliphatic carbocycles. The molecule has 0 saturated carbocycles. The quantitative estimate of drug-likeness (QED) is 0.394. The third-order valence-electron chi connectivity index (χ3n) is 4.18. The van der Waals surface area contributed by atoms with Gasteiger partial charge in [-0.3, -0.25) is 14.4 Å². The van der Waals surface area contributed by atoms with Crippen LogP contribution in [0.25, 0.3) is 0 Å². The van der Waals surface area contributed by atoms with Crippen molar-refractivity contribution in [1.29, 1.82) is 0 Å². The summed E-state index contributed by atoms with van der Waals surface area (Å²) in [6.07, 6.45) is 0.0471. The Morgan fingerprint density at radius 3 is 2.03 bits per heavy atom. The predicted molar refractivity (Wildman–Crippen MR) is 117 cm³/mol. The molecule has 0 aromatic heterocycles. The fourth-order valence-electron chi connectivity index (χ4n) is 2.58. The van der Waals surface area contributed by atoms with Crippen molar-refractivity contribution < 1.29 is 23.9 Å². The summed E-state index contributed by atoms with van der Waals surface area (Å²) in [5.41, 5.74) is 9.87. The summed E-state index contributed by atoms with van der Waals surface area (Å²) in [6, 6.07) is 7.01. The fourth-order valence-corrected chi connectivity index (χ4v) is 2.58. The van der Waals surface area contributed by atoms with Gasteiger partial charge in [0, 0.05) is 12.8 Å². The average Bonchev–Trinajstić information content (AvgIpc) is 2.62. The van der Waals surface area contributed by atoms with Gasteiger partial charge in [-0.2, -0.15) is 0 Å². The second-order valence-corrected chi connectivity index (χ2v) is 9.04. The van der Waals surface area contributed by atoms with Crippen LogP contribution in [-0.2, 0) is 30.3 Å². The number of benzene rings is 1. The molecule has 0 radical (unpaired) electrons. The number of primary amides is 1. The molecule has 1 aromatic rings. The predicted octanol–water partition coefficient (Wildman–Crippen LogP) is 0.543. The van der Waals surface area contributed by atoms with E-state index in [2.05, 4.69) is 10.6 Å². The van der Waals surface area contributed by atoms with Crippen LogP contribution in [0.15, 0.2) is 30.3 Å². The van der Waals surface area contributed by atoms with Crippen molar-refractivity contribution >= 4 is 23.7 Å². The van der Waals surface area contributed by atoms with Crippen molar-refractivity contribution in [2.45, 2.75) is 77.1 Å². The Morgan fingerprint density at radius 1 is 0.968 bits per heavy atom. The summed E-state index contributed by atoms with van der Waals surface area (Å²) >= 11 is 0. The number of esters is 1. The van der Waals surface area contributed by atoms with Gasteiger partial charge in [0.25, 0.3) is 0 Å². The number of hydrogen-bond donors (Lipinski definition) is 4. The second kappa shape index (κ2) is 10.9. The Kier molecular flexibility index (Phi) is 9.18. The Hall–Kier alpha value is -2.94. The van der Waals surface area contributed by atoms with E-state index in [1.54, 1.807) is 20.8 Å². The third kappa shape index (κ3) is 10.1. The van der Waals surface area contributed by atoms with Gasteiger partial charge in [-0.05, 0) is 46.6 Å². The van der Waals surface area contributed by atoms with Crippen molar-refractivity contribution in [2.75, 3.05) is 0 Å². The number of rotatable bonds is 10. The van der Waals surface area contributed by atoms with Gasteiger partial charge >= 0.3 is 5.97 Å². The van der Waals surface area contributed by atoms with Gasteiger partial charge < -0.3 is 26.8 Å². The maximum Gasteiger partial charge on any atom is 0.329 e. The normalized spacial score (nSPS) is 13.6. The Morgan fingerprint density at radius 2 is 1.55 bits per heavy atom. The van der Waals surface area contributed by atoms with E-state index in [0.29, 0.717) is 0 Å². The topological polar surface area (TPSA) is 154 Å². The average molecular weight is 435 g/mol. The van der Waals surface area contributed by atoms with Crippen molar-refractivity contribution in [1.82, 2.24) is 10.6 Å². The first kappa shape index (κ1) is 26.1. The van der Waals surface area contributed by atoms with Gasteiger partial charge in [0.2, 0.25) is 17.7 Å². The first-order valence-electron chi connectivity index (χ1n) is 10.1. The van der Waals surface area contributed by atoms with Crippen LogP contribution >= 0.6 is 0 Å². The molecule has 9 nitrogen and oxygen atoms in total. The Balaban J connectivity index is 3.07. The number of nitrogens with one attached hydrogen (secondary N) is 2. The maximum atomic E-state index is 13.0. The summed E-state index contributed by atoms with van der Waals surface area (Å²) < 4.78 is 5.35. The highest BCUT2D eigenvalue weighted by molar-refractivity contribution is 5.93. The monoisotopic (exact) mass is 434 g/mol. The highest BCUT2D eigenvalue weighted by Gasteiger charge is 2.32. The highest BCUT2D eigenvalue weighted by Crippen LogP contribution is 2.12. The Bertz CT molecular complexity index is 781. The van der Waals surface area contributed by atoms with Gasteiger partial charge in [0.1, 0.15) is 17.7 Å². The standard InChI is InChI=1S/C22H34N4O5/c1-21(2,3)31-19(29)15(11-12-17(23)27)25-18(28)16(26-20(30)22(4,5)24)13-14-9-7-6-8-10-14/h6-10,15-16H,11-13,24H2,1-5H3,(H2,23,27)(H,25,28)(H,26,30)/t15-,16-/m0/s1. The van der Waals surface area contributed by atoms with Gasteiger partial charge in [-0.15, -0.1) is 0 Å². The van der Waals surface area contributed by atoms with Crippen LogP contribution in [0.2, 0.25) is 0 Å². The minimum absolute atomic E-state index is 0.0234. The first-order valence-corrected chi connectivity index (χ1v) is 10.1. The third-order valence-corrected chi connectivity index (χ3v) is 4.18. The molecule has 2 atom stereocenters. The number of ether oxygens (including phenoxy) is 1. The molecule has 9 heteroatoms. The summed E-state index contributed by atoms with van der Waals surface area (Å²) in [6.45, 7) is 8.13. The lowest BCUT2D eigenvalue weighted by Crippen LogP contribution is -2.58. The van der Waals surface area contributed by atoms with E-state index in [1.807, 2.05) is 30.3 Å². The molecular weight excluding hydrogens is 400 g/mol. The number of nitrogens with two attached hydrogens (primary N) is 2. The van der Waals surface area contributed by atoms with Crippen molar-refractivity contribution in [3.05, 3.63) is 35.9 Å². The van der Waals surface area contributed by atoms with Gasteiger partial charge in [-0.25, -0.2) is 4.79 Å². The lowest BCUT2D eigenvalue weighted by Gasteiger charge is -2.27. The minimum Gasteiger partial charge on any atom is -0.458 e. The summed E-state index contributed by atoms with van der Waals surface area (Å²) in [4.78, 5) is 49.3. The van der Waals surface area contributed by atoms with Gasteiger partial charge in [0.15, 0.2) is 0 Å². The highest BCUT2D eigenvalue weighted by atomic mass is 16.6. The molecule has 0 aliphatic rings. The number of hydrogen-bond acceptors (Lipinski definition) is 6. The molecule has 0 unspecified atom stereocenters. The lowest BCUT2D eigenvalue weighted by molar-refractivity contribution is -0.159. The van der Waals surface area contributed by atoms with Crippen LogP contribution in [0.1, 0.15) is 53.0 Å². The molecule has 172 valence electrons. The maximum absolute atomic E-state index is 13.0. The largest absolute Gasteiger partial charge is 0.458 e. The molecule has 0 aliphatic heterocycles. The SMILES string of the molecule is CC(C)(C)OC(=O)[C@H](CCC(N)=O)NC(=O)[C@H](Cc1ccccc1)NC(=O)C(C)(C)N. The van der Waals surface area contributed by atoms with Crippen LogP contribution in [0.3, 0.4) is 0 Å². The van der Waals surface area contributed by atoms with E-state index in [0.717, 1.165) is 5.56 Å². The molecule has 0 saturated heterocycles. The summed E-state index contributed by atoms with van der Waals surface area (Å²) in [5, 5.41) is 5.24. The molecule has 3 amide bonds. The summed E-state index contributed by atoms with van der Waals surface area (Å²) in [7, 11) is 0. The van der Waals surface area contributed by atoms with E-state index in [-0.39, 0.29) is 19.3 Å². The first-order chi connectivity index (χ1) is 14.2. The number of carbonyl (C=O) groups excluding carboxylic acids is 4. The van der Waals surface area contributed by atoms with E-state index >= 15 is 0 Å². The fraction of sp³-hybridized carbons (Fsp3) is 0.545. The van der Waals surface area contributed by atoms with Crippen LogP contribution in [-0.4, -0.2) is 46.9 Å². The van der Waals surface area contributed by atoms with Gasteiger partial charge in [0.05, 0.1) is 5.54 Å². The van der Waals surface area contributed by atoms with Crippen LogP contribution in [0, 0.1) is 0 Å². The Labute approximate surface area is 183 Å². The zero-order chi connectivity index (χ0) is 23.8. The molecule has 0 fully saturated rings. The summed E-state index contributed by atoms with van der Waals surface area (Å²) in [5.74, 6) is -2.41. The van der Waals surface area contributed by atoms with Crippen LogP contribution in [0.5, 0.6) is 0 Å². The lowest BCUT2D eigenvalue weighted by atomic mass is 10.0. The van der Waals surface area contributed by atoms with Gasteiger partial charge in [-0.1, -0.05) is 30.3 Å². The van der Waals surface area contributed by atoms with Crippen LogP contribution in [0.4, 0.5) is 0 Å². The van der Waals surface area contributed by atoms with Crippen LogP contribution < -0.4 is 22.1 Å². The zero-order valence-electron chi connectivity index (χ0n) is 18.9. The van der Waals surface area contributed by atoms with Crippen molar-refractivity contribution in [3.8, 4) is 0 Å². The smallest absolute Gasteiger partial charge is 0.329 e. The number of carbonyl (C=O) groups is 4. The minimum atomic E-state index is -1.20. The molecule has 1 aromatic carbocycles. The zero-order valence-corrected chi connectivity index (χ0v) is 18.9. The van der Waals surface area contributed by atoms with E-state index in [4.69, 9.17) is 16.2 Å².